The minimum absolute atomic E-state index is 0.128. The van der Waals surface area contributed by atoms with Crippen LogP contribution in [-0.4, -0.2) is 17.2 Å². The first-order valence-electron chi connectivity index (χ1n) is 3.75. The number of pyridine rings is 1. The molecule has 0 aliphatic rings. The van der Waals surface area contributed by atoms with Gasteiger partial charge in [-0.1, -0.05) is 5.18 Å². The summed E-state index contributed by atoms with van der Waals surface area (Å²) in [6.45, 7) is 1.55. The van der Waals surface area contributed by atoms with E-state index in [0.29, 0.717) is 5.75 Å². The maximum absolute atomic E-state index is 10.2. The molecule has 0 fully saturated rings. The van der Waals surface area contributed by atoms with Crippen molar-refractivity contribution in [2.75, 3.05) is 7.11 Å². The lowest BCUT2D eigenvalue weighted by Gasteiger charge is -2.07. The van der Waals surface area contributed by atoms with Gasteiger partial charge in [-0.05, 0) is 6.92 Å². The van der Waals surface area contributed by atoms with Gasteiger partial charge in [-0.2, -0.15) is 4.91 Å². The molecule has 0 radical (unpaired) electrons. The lowest BCUT2D eigenvalue weighted by Crippen LogP contribution is -1.95. The zero-order valence-corrected chi connectivity index (χ0v) is 7.39. The molecule has 5 heteroatoms. The second-order valence-corrected chi connectivity index (χ2v) is 2.53. The van der Waals surface area contributed by atoms with Gasteiger partial charge < -0.3 is 9.84 Å². The molecule has 0 aromatic carbocycles. The molecule has 0 amide bonds. The number of methoxy groups -OCH3 is 1. The molecular formula is C8H10N2O3. The summed E-state index contributed by atoms with van der Waals surface area (Å²) in [7, 11) is 1.43. The normalized spacial score (nSPS) is 12.2. The van der Waals surface area contributed by atoms with Gasteiger partial charge >= 0.3 is 0 Å². The number of nitrogens with zero attached hydrogens (tertiary/aromatic N) is 2. The fourth-order valence-electron chi connectivity index (χ4n) is 0.972. The topological polar surface area (TPSA) is 71.8 Å². The van der Waals surface area contributed by atoms with Crippen molar-refractivity contribution in [2.45, 2.75) is 13.0 Å². The molecule has 5 nitrogen and oxygen atoms in total. The van der Waals surface area contributed by atoms with Crippen molar-refractivity contribution in [1.82, 2.24) is 4.98 Å². The minimum Gasteiger partial charge on any atom is -0.503 e. The van der Waals surface area contributed by atoms with Crippen LogP contribution in [0.2, 0.25) is 0 Å². The lowest BCUT2D eigenvalue weighted by molar-refractivity contribution is 0.366. The highest BCUT2D eigenvalue weighted by molar-refractivity contribution is 5.42. The van der Waals surface area contributed by atoms with E-state index in [4.69, 9.17) is 4.74 Å². The highest BCUT2D eigenvalue weighted by atomic mass is 16.5. The Morgan fingerprint density at radius 3 is 2.92 bits per heavy atom. The summed E-state index contributed by atoms with van der Waals surface area (Å²) in [4.78, 5) is 14.0. The number of ether oxygens (including phenoxy) is 1. The van der Waals surface area contributed by atoms with Crippen LogP contribution >= 0.6 is 0 Å². The van der Waals surface area contributed by atoms with E-state index in [2.05, 4.69) is 10.2 Å². The van der Waals surface area contributed by atoms with Crippen LogP contribution in [0.25, 0.3) is 0 Å². The summed E-state index contributed by atoms with van der Waals surface area (Å²) >= 11 is 0. The summed E-state index contributed by atoms with van der Waals surface area (Å²) in [5.74, 6) is 0.164. The molecule has 0 aliphatic carbocycles. The number of hydrogen-bond acceptors (Lipinski definition) is 5. The largest absolute Gasteiger partial charge is 0.503 e. The van der Waals surface area contributed by atoms with Crippen molar-refractivity contribution in [3.63, 3.8) is 0 Å². The lowest BCUT2D eigenvalue weighted by atomic mass is 10.2. The first kappa shape index (κ1) is 9.44. The van der Waals surface area contributed by atoms with Gasteiger partial charge in [0.15, 0.2) is 11.5 Å². The molecule has 1 heterocycles. The Labute approximate surface area is 75.3 Å². The minimum atomic E-state index is -0.671. The molecule has 0 saturated carbocycles. The van der Waals surface area contributed by atoms with Gasteiger partial charge in [0.25, 0.3) is 0 Å². The third-order valence-electron chi connectivity index (χ3n) is 1.69. The second-order valence-electron chi connectivity index (χ2n) is 2.53. The average Bonchev–Trinajstić information content (AvgIpc) is 2.17. The molecule has 70 valence electrons. The molecule has 1 atom stereocenters. The highest BCUT2D eigenvalue weighted by Crippen LogP contribution is 2.32. The Morgan fingerprint density at radius 2 is 2.38 bits per heavy atom. The van der Waals surface area contributed by atoms with Crippen LogP contribution in [0, 0.1) is 4.91 Å². The number of aromatic hydroxyl groups is 1. The summed E-state index contributed by atoms with van der Waals surface area (Å²) in [6, 6.07) is 0.839. The molecule has 1 rings (SSSR count). The van der Waals surface area contributed by atoms with Gasteiger partial charge in [-0.25, -0.2) is 0 Å². The maximum Gasteiger partial charge on any atom is 0.182 e. The van der Waals surface area contributed by atoms with Crippen molar-refractivity contribution in [3.8, 4) is 11.5 Å². The fourth-order valence-corrected chi connectivity index (χ4v) is 0.972. The zero-order valence-electron chi connectivity index (χ0n) is 7.39. The predicted octanol–water partition coefficient (Wildman–Crippen LogP) is 1.62. The third kappa shape index (κ3) is 1.74. The van der Waals surface area contributed by atoms with E-state index in [1.165, 1.54) is 19.4 Å². The Bertz CT molecular complexity index is 314. The maximum atomic E-state index is 10.2. The standard InChI is InChI=1S/C8H10N2O3/c1-5(10-12)7-8(11)6(13-2)3-4-9-7/h3-5,11H,1-2H3. The quantitative estimate of drug-likeness (QED) is 0.721. The molecular weight excluding hydrogens is 172 g/mol. The van der Waals surface area contributed by atoms with E-state index in [-0.39, 0.29) is 11.4 Å². The van der Waals surface area contributed by atoms with E-state index in [1.807, 2.05) is 0 Å². The SMILES string of the molecule is COc1ccnc(C(C)N=O)c1O. The predicted molar refractivity (Wildman–Crippen MR) is 46.7 cm³/mol. The first-order valence-corrected chi connectivity index (χ1v) is 3.75. The second kappa shape index (κ2) is 3.84. The van der Waals surface area contributed by atoms with Crippen molar-refractivity contribution in [1.29, 1.82) is 0 Å². The van der Waals surface area contributed by atoms with Crippen molar-refractivity contribution < 1.29 is 9.84 Å². The van der Waals surface area contributed by atoms with Gasteiger partial charge in [0, 0.05) is 12.3 Å². The fraction of sp³-hybridized carbons (Fsp3) is 0.375. The van der Waals surface area contributed by atoms with Crippen molar-refractivity contribution >= 4 is 0 Å². The summed E-state index contributed by atoms with van der Waals surface area (Å²) in [6.07, 6.45) is 1.45. The molecule has 1 N–H and O–H groups in total. The zero-order chi connectivity index (χ0) is 9.84. The Kier molecular flexibility index (Phi) is 2.79. The number of nitroso groups, excluding NO2 is 1. The third-order valence-corrected chi connectivity index (χ3v) is 1.69. The van der Waals surface area contributed by atoms with Crippen LogP contribution in [0.5, 0.6) is 11.5 Å². The van der Waals surface area contributed by atoms with Gasteiger partial charge in [0.1, 0.15) is 11.7 Å². The molecule has 1 aromatic heterocycles. The van der Waals surface area contributed by atoms with Gasteiger partial charge in [-0.3, -0.25) is 4.98 Å². The van der Waals surface area contributed by atoms with E-state index in [0.717, 1.165) is 0 Å². The number of rotatable bonds is 3. The molecule has 0 aliphatic heterocycles. The monoisotopic (exact) mass is 182 g/mol. The first-order chi connectivity index (χ1) is 6.20. The molecule has 13 heavy (non-hydrogen) atoms. The molecule has 1 aromatic rings. The van der Waals surface area contributed by atoms with Crippen molar-refractivity contribution in [2.24, 2.45) is 5.18 Å². The van der Waals surface area contributed by atoms with Crippen molar-refractivity contribution in [3.05, 3.63) is 22.9 Å². The highest BCUT2D eigenvalue weighted by Gasteiger charge is 2.15. The molecule has 0 bridgehead atoms. The summed E-state index contributed by atoms with van der Waals surface area (Å²) in [5, 5.41) is 12.3. The molecule has 0 spiro atoms. The van der Waals surface area contributed by atoms with Crippen LogP contribution in [0.4, 0.5) is 0 Å². The van der Waals surface area contributed by atoms with E-state index >= 15 is 0 Å². The van der Waals surface area contributed by atoms with Crippen LogP contribution in [-0.2, 0) is 0 Å². The molecule has 1 unspecified atom stereocenters. The van der Waals surface area contributed by atoms with E-state index in [9.17, 15) is 10.0 Å². The van der Waals surface area contributed by atoms with Crippen LogP contribution in [0.1, 0.15) is 18.7 Å². The Balaban J connectivity index is 3.14. The van der Waals surface area contributed by atoms with Crippen LogP contribution in [0.3, 0.4) is 0 Å². The average molecular weight is 182 g/mol. The van der Waals surface area contributed by atoms with Gasteiger partial charge in [0.2, 0.25) is 0 Å². The van der Waals surface area contributed by atoms with Gasteiger partial charge in [-0.15, -0.1) is 0 Å². The summed E-state index contributed by atoms with van der Waals surface area (Å²) in [5.41, 5.74) is 0.231. The number of hydrogen-bond donors (Lipinski definition) is 1. The van der Waals surface area contributed by atoms with Gasteiger partial charge in [0.05, 0.1) is 7.11 Å². The van der Waals surface area contributed by atoms with Crippen LogP contribution in [0.15, 0.2) is 17.4 Å². The Hall–Kier alpha value is -1.65. The smallest absolute Gasteiger partial charge is 0.182 e. The Morgan fingerprint density at radius 1 is 1.69 bits per heavy atom. The van der Waals surface area contributed by atoms with E-state index in [1.54, 1.807) is 6.92 Å². The van der Waals surface area contributed by atoms with Crippen LogP contribution < -0.4 is 4.74 Å². The van der Waals surface area contributed by atoms with E-state index < -0.39 is 6.04 Å². The number of aromatic nitrogens is 1. The molecule has 0 saturated heterocycles. The summed E-state index contributed by atoms with van der Waals surface area (Å²) < 4.78 is 4.85.